The molecule has 0 unspecified atom stereocenters. The van der Waals surface area contributed by atoms with Crippen LogP contribution >= 0.6 is 0 Å². The van der Waals surface area contributed by atoms with Crippen LogP contribution in [0.25, 0.3) is 0 Å². The molecule has 7 nitrogen and oxygen atoms in total. The van der Waals surface area contributed by atoms with Gasteiger partial charge in [0.1, 0.15) is 6.73 Å². The zero-order valence-corrected chi connectivity index (χ0v) is 15.3. The number of hydrogen-bond donors (Lipinski definition) is 1. The molecule has 0 bridgehead atoms. The fourth-order valence-corrected chi connectivity index (χ4v) is 2.44. The Kier molecular flexibility index (Phi) is 7.44. The Morgan fingerprint density at radius 1 is 1.35 bits per heavy atom. The van der Waals surface area contributed by atoms with Gasteiger partial charge in [0.25, 0.3) is 5.43 Å². The lowest BCUT2D eigenvalue weighted by atomic mass is 10.3. The van der Waals surface area contributed by atoms with E-state index in [-0.39, 0.29) is 12.5 Å². The summed E-state index contributed by atoms with van der Waals surface area (Å²) in [4.78, 5) is 23.2. The van der Waals surface area contributed by atoms with Crippen LogP contribution in [0.3, 0.4) is 0 Å². The van der Waals surface area contributed by atoms with Gasteiger partial charge in [-0.2, -0.15) is 5.10 Å². The van der Waals surface area contributed by atoms with Crippen LogP contribution in [-0.2, 0) is 11.5 Å². The molecule has 0 aliphatic carbocycles. The van der Waals surface area contributed by atoms with E-state index in [2.05, 4.69) is 24.7 Å². The van der Waals surface area contributed by atoms with Gasteiger partial charge in [-0.3, -0.25) is 4.79 Å². The Morgan fingerprint density at radius 2 is 2.04 bits per heavy atom. The number of carbonyl (C=O) groups is 1. The molecule has 0 aromatic carbocycles. The quantitative estimate of drug-likeness (QED) is 0.519. The number of rotatable bonds is 10. The molecule has 0 atom stereocenters. The number of aromatic carboxylic acids is 1. The van der Waals surface area contributed by atoms with Crippen molar-refractivity contribution in [2.45, 2.75) is 52.2 Å². The molecule has 1 heterocycles. The first-order valence-corrected chi connectivity index (χ1v) is 11.5. The molecule has 0 fully saturated rings. The van der Waals surface area contributed by atoms with Gasteiger partial charge in [-0.15, -0.1) is 0 Å². The van der Waals surface area contributed by atoms with E-state index < -0.39 is 25.2 Å². The van der Waals surface area contributed by atoms with Gasteiger partial charge in [0.2, 0.25) is 5.69 Å². The van der Waals surface area contributed by atoms with E-state index in [0.717, 1.165) is 18.9 Å². The highest BCUT2D eigenvalue weighted by Crippen LogP contribution is 2.09. The molecule has 1 aromatic rings. The highest BCUT2D eigenvalue weighted by molar-refractivity contribution is 6.76. The average Bonchev–Trinajstić information content (AvgIpc) is 2.45. The van der Waals surface area contributed by atoms with E-state index in [0.29, 0.717) is 13.2 Å². The van der Waals surface area contributed by atoms with E-state index in [4.69, 9.17) is 14.6 Å². The fourth-order valence-electron chi connectivity index (χ4n) is 1.69. The Labute approximate surface area is 137 Å². The third-order valence-corrected chi connectivity index (χ3v) is 4.82. The van der Waals surface area contributed by atoms with Crippen molar-refractivity contribution in [2.75, 3.05) is 13.2 Å². The van der Waals surface area contributed by atoms with Crippen LogP contribution in [0, 0.1) is 0 Å². The summed E-state index contributed by atoms with van der Waals surface area (Å²) in [6.45, 7) is 9.78. The number of unbranched alkanes of at least 4 members (excludes halogenated alkanes) is 1. The minimum Gasteiger partial charge on any atom is -0.488 e. The molecule has 0 aliphatic heterocycles. The summed E-state index contributed by atoms with van der Waals surface area (Å²) in [6.07, 6.45) is 3.11. The largest absolute Gasteiger partial charge is 0.488 e. The second-order valence-corrected chi connectivity index (χ2v) is 12.2. The van der Waals surface area contributed by atoms with E-state index in [1.165, 1.54) is 10.9 Å². The Hall–Kier alpha value is -1.67. The third kappa shape index (κ3) is 6.96. The Bertz CT molecular complexity index is 580. The van der Waals surface area contributed by atoms with Crippen molar-refractivity contribution in [1.82, 2.24) is 9.78 Å². The first-order valence-electron chi connectivity index (χ1n) is 7.80. The highest BCUT2D eigenvalue weighted by atomic mass is 28.3. The minimum absolute atomic E-state index is 0.000327. The molecular weight excluding hydrogens is 316 g/mol. The van der Waals surface area contributed by atoms with Crippen molar-refractivity contribution in [2.24, 2.45) is 0 Å². The highest BCUT2D eigenvalue weighted by Gasteiger charge is 2.17. The summed E-state index contributed by atoms with van der Waals surface area (Å²) >= 11 is 0. The van der Waals surface area contributed by atoms with Crippen LogP contribution in [0.4, 0.5) is 0 Å². The van der Waals surface area contributed by atoms with Crippen molar-refractivity contribution in [3.8, 4) is 5.75 Å². The molecule has 130 valence electrons. The maximum Gasteiger partial charge on any atom is 0.360 e. The standard InChI is InChI=1S/C15H26N2O5Si/c1-5-6-7-22-12-10-17(11-21-8-9-23(2,3)4)16-13(14(12)18)15(19)20/h10H,5-9,11H2,1-4H3,(H,19,20). The smallest absolute Gasteiger partial charge is 0.360 e. The number of carboxylic acid groups (broad SMARTS) is 1. The van der Waals surface area contributed by atoms with Crippen LogP contribution in [0.1, 0.15) is 30.3 Å². The molecular formula is C15H26N2O5Si. The van der Waals surface area contributed by atoms with Crippen molar-refractivity contribution < 1.29 is 19.4 Å². The lowest BCUT2D eigenvalue weighted by Crippen LogP contribution is -2.25. The fraction of sp³-hybridized carbons (Fsp3) is 0.667. The topological polar surface area (TPSA) is 90.7 Å². The molecule has 23 heavy (non-hydrogen) atoms. The first kappa shape index (κ1) is 19.4. The van der Waals surface area contributed by atoms with Crippen LogP contribution in [0.2, 0.25) is 25.7 Å². The summed E-state index contributed by atoms with van der Waals surface area (Å²) in [5.41, 5.74) is -1.25. The van der Waals surface area contributed by atoms with Crippen molar-refractivity contribution >= 4 is 14.0 Å². The summed E-state index contributed by atoms with van der Waals surface area (Å²) in [5, 5.41) is 12.9. The van der Waals surface area contributed by atoms with Gasteiger partial charge in [0.05, 0.1) is 12.8 Å². The third-order valence-electron chi connectivity index (χ3n) is 3.11. The minimum atomic E-state index is -1.37. The molecule has 0 amide bonds. The summed E-state index contributed by atoms with van der Waals surface area (Å²) in [6, 6.07) is 0.999. The van der Waals surface area contributed by atoms with Gasteiger partial charge in [-0.1, -0.05) is 33.0 Å². The second-order valence-electron chi connectivity index (χ2n) is 6.57. The number of carboxylic acids is 1. The monoisotopic (exact) mass is 342 g/mol. The molecule has 8 heteroatoms. The summed E-state index contributed by atoms with van der Waals surface area (Å²) in [5.74, 6) is -1.37. The molecule has 0 saturated carbocycles. The molecule has 0 saturated heterocycles. The number of ether oxygens (including phenoxy) is 2. The van der Waals surface area contributed by atoms with E-state index in [1.807, 2.05) is 6.92 Å². The normalized spacial score (nSPS) is 11.5. The molecule has 0 spiro atoms. The average molecular weight is 342 g/mol. The van der Waals surface area contributed by atoms with Crippen molar-refractivity contribution in [3.63, 3.8) is 0 Å². The molecule has 1 rings (SSSR count). The zero-order valence-electron chi connectivity index (χ0n) is 14.3. The van der Waals surface area contributed by atoms with Gasteiger partial charge in [0, 0.05) is 14.7 Å². The molecule has 1 aromatic heterocycles. The lowest BCUT2D eigenvalue weighted by molar-refractivity contribution is 0.0650. The Balaban J connectivity index is 2.81. The number of aromatic nitrogens is 2. The maximum atomic E-state index is 12.0. The van der Waals surface area contributed by atoms with Crippen molar-refractivity contribution in [3.05, 3.63) is 22.1 Å². The van der Waals surface area contributed by atoms with Gasteiger partial charge < -0.3 is 14.6 Å². The van der Waals surface area contributed by atoms with Crippen molar-refractivity contribution in [1.29, 1.82) is 0 Å². The molecule has 0 radical (unpaired) electrons. The van der Waals surface area contributed by atoms with Crippen LogP contribution in [0.15, 0.2) is 11.0 Å². The van der Waals surface area contributed by atoms with Crippen LogP contribution < -0.4 is 10.2 Å². The van der Waals surface area contributed by atoms with Gasteiger partial charge in [0.15, 0.2) is 5.75 Å². The van der Waals surface area contributed by atoms with E-state index in [9.17, 15) is 9.59 Å². The van der Waals surface area contributed by atoms with Gasteiger partial charge in [-0.25, -0.2) is 9.48 Å². The van der Waals surface area contributed by atoms with Crippen LogP contribution in [-0.4, -0.2) is 42.1 Å². The van der Waals surface area contributed by atoms with Gasteiger partial charge >= 0.3 is 5.97 Å². The lowest BCUT2D eigenvalue weighted by Gasteiger charge is -2.16. The predicted molar refractivity (Wildman–Crippen MR) is 90.0 cm³/mol. The molecule has 0 aliphatic rings. The predicted octanol–water partition coefficient (Wildman–Crippen LogP) is 2.43. The summed E-state index contributed by atoms with van der Waals surface area (Å²) < 4.78 is 12.2. The second kappa shape index (κ2) is 8.83. The number of hydrogen-bond acceptors (Lipinski definition) is 5. The maximum absolute atomic E-state index is 12.0. The van der Waals surface area contributed by atoms with E-state index >= 15 is 0 Å². The van der Waals surface area contributed by atoms with Crippen LogP contribution in [0.5, 0.6) is 5.75 Å². The van der Waals surface area contributed by atoms with E-state index in [1.54, 1.807) is 0 Å². The summed E-state index contributed by atoms with van der Waals surface area (Å²) in [7, 11) is -1.19. The zero-order chi connectivity index (χ0) is 17.5. The Morgan fingerprint density at radius 3 is 2.61 bits per heavy atom. The number of nitrogens with zero attached hydrogens (tertiary/aromatic N) is 2. The van der Waals surface area contributed by atoms with Gasteiger partial charge in [-0.05, 0) is 12.5 Å². The SMILES string of the molecule is CCCCOc1cn(COCC[Si](C)(C)C)nc(C(=O)O)c1=O. The molecule has 1 N–H and O–H groups in total. The first-order chi connectivity index (χ1) is 10.7.